The number of hydrogen-bond donors (Lipinski definition) is 2. The minimum absolute atomic E-state index is 0. The lowest BCUT2D eigenvalue weighted by atomic mass is 10.2. The van der Waals surface area contributed by atoms with Crippen molar-refractivity contribution in [1.82, 2.24) is 25.7 Å². The topological polar surface area (TPSA) is 78.6 Å². The van der Waals surface area contributed by atoms with Crippen LogP contribution < -0.4 is 10.6 Å². The van der Waals surface area contributed by atoms with Gasteiger partial charge in [-0.3, -0.25) is 4.99 Å². The fourth-order valence-electron chi connectivity index (χ4n) is 2.98. The van der Waals surface area contributed by atoms with Crippen LogP contribution in [-0.4, -0.2) is 60.8 Å². The first-order valence-corrected chi connectivity index (χ1v) is 9.68. The van der Waals surface area contributed by atoms with Crippen LogP contribution in [0, 0.1) is 0 Å². The molecule has 0 bridgehead atoms. The zero-order chi connectivity index (χ0) is 17.9. The molecule has 1 saturated heterocycles. The Balaban J connectivity index is 0.00000338. The first kappa shape index (κ1) is 23.1. The first-order chi connectivity index (χ1) is 12.2. The largest absolute Gasteiger partial charge is 0.356 e. The Labute approximate surface area is 174 Å². The summed E-state index contributed by atoms with van der Waals surface area (Å²) < 4.78 is 5.25. The summed E-state index contributed by atoms with van der Waals surface area (Å²) in [6, 6.07) is 0. The normalized spacial score (nSPS) is 16.2. The predicted octanol–water partition coefficient (Wildman–Crippen LogP) is 2.78. The molecule has 1 aromatic heterocycles. The third kappa shape index (κ3) is 8.66. The Kier molecular flexibility index (Phi) is 11.8. The molecule has 0 unspecified atom stereocenters. The lowest BCUT2D eigenvalue weighted by Crippen LogP contribution is -2.39. The highest BCUT2D eigenvalue weighted by Gasteiger charge is 2.10. The number of aliphatic imine (C=N–C) groups is 1. The maximum absolute atomic E-state index is 5.25. The van der Waals surface area contributed by atoms with Gasteiger partial charge in [-0.25, -0.2) is 0 Å². The number of aromatic nitrogens is 2. The Hall–Kier alpha value is -0.900. The molecule has 0 atom stereocenters. The molecular weight excluding hydrogens is 443 g/mol. The molecular formula is C18H35IN6O. The van der Waals surface area contributed by atoms with E-state index >= 15 is 0 Å². The van der Waals surface area contributed by atoms with Gasteiger partial charge in [0.25, 0.3) is 0 Å². The Morgan fingerprint density at radius 2 is 1.85 bits per heavy atom. The lowest BCUT2D eigenvalue weighted by molar-refractivity contribution is 0.282. The fraction of sp³-hybridized carbons (Fsp3) is 0.833. The van der Waals surface area contributed by atoms with Crippen molar-refractivity contribution in [3.8, 4) is 0 Å². The summed E-state index contributed by atoms with van der Waals surface area (Å²) in [7, 11) is 1.80. The maximum Gasteiger partial charge on any atom is 0.228 e. The van der Waals surface area contributed by atoms with Gasteiger partial charge in [-0.15, -0.1) is 24.0 Å². The van der Waals surface area contributed by atoms with E-state index in [1.54, 1.807) is 7.05 Å². The van der Waals surface area contributed by atoms with Gasteiger partial charge in [0.05, 0.1) is 0 Å². The lowest BCUT2D eigenvalue weighted by Gasteiger charge is -2.20. The Bertz CT molecular complexity index is 512. The van der Waals surface area contributed by atoms with Crippen LogP contribution >= 0.6 is 24.0 Å². The summed E-state index contributed by atoms with van der Waals surface area (Å²) in [5, 5.41) is 10.7. The van der Waals surface area contributed by atoms with E-state index in [-0.39, 0.29) is 24.0 Å². The van der Waals surface area contributed by atoms with E-state index in [2.05, 4.69) is 44.5 Å². The van der Waals surface area contributed by atoms with Gasteiger partial charge >= 0.3 is 0 Å². The van der Waals surface area contributed by atoms with E-state index in [1.807, 2.05) is 0 Å². The number of nitrogens with zero attached hydrogens (tertiary/aromatic N) is 4. The number of rotatable bonds is 8. The highest BCUT2D eigenvalue weighted by Crippen LogP contribution is 2.10. The molecule has 8 heteroatoms. The molecule has 2 heterocycles. The van der Waals surface area contributed by atoms with Gasteiger partial charge in [-0.05, 0) is 38.9 Å². The molecule has 1 aliphatic rings. The van der Waals surface area contributed by atoms with Crippen molar-refractivity contribution in [3.05, 3.63) is 11.7 Å². The molecule has 1 aliphatic heterocycles. The van der Waals surface area contributed by atoms with Gasteiger partial charge in [-0.1, -0.05) is 31.8 Å². The molecule has 1 aromatic rings. The standard InChI is InChI=1S/C18H34N6O.HI/c1-15(2)17-22-16(25-23-17)9-11-21-18(19-3)20-10-8-14-24-12-6-4-5-7-13-24;/h15H,4-14H2,1-3H3,(H2,19,20,21);1H. The van der Waals surface area contributed by atoms with Gasteiger partial charge in [0, 0.05) is 32.5 Å². The Morgan fingerprint density at radius 1 is 1.15 bits per heavy atom. The van der Waals surface area contributed by atoms with Crippen LogP contribution in [-0.2, 0) is 6.42 Å². The van der Waals surface area contributed by atoms with E-state index in [0.29, 0.717) is 18.2 Å². The zero-order valence-corrected chi connectivity index (χ0v) is 18.8. The number of guanidine groups is 1. The van der Waals surface area contributed by atoms with Crippen LogP contribution in [0.5, 0.6) is 0 Å². The molecule has 0 spiro atoms. The summed E-state index contributed by atoms with van der Waals surface area (Å²) in [4.78, 5) is 11.2. The smallest absolute Gasteiger partial charge is 0.228 e. The first-order valence-electron chi connectivity index (χ1n) is 9.68. The van der Waals surface area contributed by atoms with Crippen LogP contribution in [0.15, 0.2) is 9.52 Å². The van der Waals surface area contributed by atoms with Gasteiger partial charge in [-0.2, -0.15) is 4.98 Å². The van der Waals surface area contributed by atoms with Crippen LogP contribution in [0.25, 0.3) is 0 Å². The maximum atomic E-state index is 5.25. The average Bonchev–Trinajstić information content (AvgIpc) is 2.93. The molecule has 0 aromatic carbocycles. The minimum atomic E-state index is 0. The van der Waals surface area contributed by atoms with E-state index in [1.165, 1.54) is 45.3 Å². The summed E-state index contributed by atoms with van der Waals surface area (Å²) in [6.07, 6.45) is 7.33. The number of nitrogens with one attached hydrogen (secondary N) is 2. The number of halogens is 1. The average molecular weight is 478 g/mol. The zero-order valence-electron chi connectivity index (χ0n) is 16.5. The monoisotopic (exact) mass is 478 g/mol. The van der Waals surface area contributed by atoms with E-state index in [0.717, 1.165) is 31.3 Å². The van der Waals surface area contributed by atoms with Crippen LogP contribution in [0.4, 0.5) is 0 Å². The predicted molar refractivity (Wildman–Crippen MR) is 116 cm³/mol. The summed E-state index contributed by atoms with van der Waals surface area (Å²) in [5.74, 6) is 2.57. The second-order valence-corrected chi connectivity index (χ2v) is 6.99. The molecule has 0 radical (unpaired) electrons. The van der Waals surface area contributed by atoms with E-state index < -0.39 is 0 Å². The molecule has 0 aliphatic carbocycles. The third-order valence-corrected chi connectivity index (χ3v) is 4.50. The van der Waals surface area contributed by atoms with Crippen molar-refractivity contribution in [2.45, 2.75) is 58.3 Å². The molecule has 2 rings (SSSR count). The molecule has 0 saturated carbocycles. The summed E-state index contributed by atoms with van der Waals surface area (Å²) in [6.45, 7) is 9.48. The van der Waals surface area contributed by atoms with Crippen molar-refractivity contribution in [2.75, 3.05) is 39.8 Å². The molecule has 7 nitrogen and oxygen atoms in total. The van der Waals surface area contributed by atoms with Crippen LogP contribution in [0.3, 0.4) is 0 Å². The van der Waals surface area contributed by atoms with Crippen molar-refractivity contribution >= 4 is 29.9 Å². The van der Waals surface area contributed by atoms with Gasteiger partial charge in [0.15, 0.2) is 11.8 Å². The third-order valence-electron chi connectivity index (χ3n) is 4.50. The number of likely N-dealkylation sites (tertiary alicyclic amines) is 1. The molecule has 150 valence electrons. The summed E-state index contributed by atoms with van der Waals surface area (Å²) >= 11 is 0. The van der Waals surface area contributed by atoms with Crippen LogP contribution in [0.2, 0.25) is 0 Å². The minimum Gasteiger partial charge on any atom is -0.356 e. The van der Waals surface area contributed by atoms with E-state index in [9.17, 15) is 0 Å². The van der Waals surface area contributed by atoms with Gasteiger partial charge < -0.3 is 20.1 Å². The highest BCUT2D eigenvalue weighted by molar-refractivity contribution is 14.0. The highest BCUT2D eigenvalue weighted by atomic mass is 127. The van der Waals surface area contributed by atoms with Crippen molar-refractivity contribution in [2.24, 2.45) is 4.99 Å². The molecule has 26 heavy (non-hydrogen) atoms. The fourth-order valence-corrected chi connectivity index (χ4v) is 2.98. The van der Waals surface area contributed by atoms with Crippen molar-refractivity contribution in [3.63, 3.8) is 0 Å². The van der Waals surface area contributed by atoms with Gasteiger partial charge in [0.2, 0.25) is 5.89 Å². The van der Waals surface area contributed by atoms with Crippen LogP contribution in [0.1, 0.15) is 63.6 Å². The summed E-state index contributed by atoms with van der Waals surface area (Å²) in [5.41, 5.74) is 0. The number of hydrogen-bond acceptors (Lipinski definition) is 5. The second kappa shape index (κ2) is 13.3. The van der Waals surface area contributed by atoms with E-state index in [4.69, 9.17) is 4.52 Å². The second-order valence-electron chi connectivity index (χ2n) is 6.99. The SMILES string of the molecule is CN=C(NCCCN1CCCCCC1)NCCc1nc(C(C)C)no1.I. The van der Waals surface area contributed by atoms with Crippen molar-refractivity contribution in [1.29, 1.82) is 0 Å². The molecule has 1 fully saturated rings. The van der Waals surface area contributed by atoms with Gasteiger partial charge in [0.1, 0.15) is 0 Å². The molecule has 2 N–H and O–H groups in total. The quantitative estimate of drug-likeness (QED) is 0.259. The molecule has 0 amide bonds. The Morgan fingerprint density at radius 3 is 2.46 bits per heavy atom. The van der Waals surface area contributed by atoms with Crippen molar-refractivity contribution < 1.29 is 4.52 Å².